The smallest absolute Gasteiger partial charge is 0.229 e. The highest BCUT2D eigenvalue weighted by molar-refractivity contribution is 5.94. The summed E-state index contributed by atoms with van der Waals surface area (Å²) in [5, 5.41) is 0. The quantitative estimate of drug-likeness (QED) is 0.814. The van der Waals surface area contributed by atoms with Crippen LogP contribution in [0.15, 0.2) is 30.3 Å². The molecule has 0 saturated carbocycles. The van der Waals surface area contributed by atoms with Gasteiger partial charge in [0.15, 0.2) is 0 Å². The summed E-state index contributed by atoms with van der Waals surface area (Å²) in [5.74, 6) is 0.114. The molecule has 3 nitrogen and oxygen atoms in total. The predicted octanol–water partition coefficient (Wildman–Crippen LogP) is 1.63. The van der Waals surface area contributed by atoms with Crippen LogP contribution in [-0.2, 0) is 4.79 Å². The summed E-state index contributed by atoms with van der Waals surface area (Å²) in [6.07, 6.45) is 0. The van der Waals surface area contributed by atoms with Crippen molar-refractivity contribution in [2.75, 3.05) is 18.0 Å². The molecule has 0 aliphatic heterocycles. The first-order chi connectivity index (χ1) is 7.16. The summed E-state index contributed by atoms with van der Waals surface area (Å²) in [6, 6.07) is 9.63. The fourth-order valence-corrected chi connectivity index (χ4v) is 1.42. The number of anilines is 1. The average Bonchev–Trinajstić information content (AvgIpc) is 2.26. The number of amides is 1. The van der Waals surface area contributed by atoms with Crippen LogP contribution in [0.25, 0.3) is 0 Å². The average molecular weight is 206 g/mol. The monoisotopic (exact) mass is 206 g/mol. The van der Waals surface area contributed by atoms with Crippen LogP contribution in [0.3, 0.4) is 0 Å². The molecule has 0 heterocycles. The molecule has 1 rings (SSSR count). The molecular formula is C12H18N2O. The van der Waals surface area contributed by atoms with Gasteiger partial charge >= 0.3 is 0 Å². The van der Waals surface area contributed by atoms with Gasteiger partial charge in [0.25, 0.3) is 0 Å². The van der Waals surface area contributed by atoms with Gasteiger partial charge in [-0.15, -0.1) is 0 Å². The number of nitrogens with zero attached hydrogens (tertiary/aromatic N) is 1. The molecule has 0 aromatic heterocycles. The lowest BCUT2D eigenvalue weighted by molar-refractivity contribution is -0.121. The summed E-state index contributed by atoms with van der Waals surface area (Å²) in [6.45, 7) is 4.85. The summed E-state index contributed by atoms with van der Waals surface area (Å²) in [4.78, 5) is 13.6. The molecule has 0 saturated heterocycles. The third kappa shape index (κ3) is 3.06. The van der Waals surface area contributed by atoms with E-state index in [4.69, 9.17) is 5.73 Å². The number of hydrogen-bond donors (Lipinski definition) is 1. The van der Waals surface area contributed by atoms with Gasteiger partial charge in [0.05, 0.1) is 0 Å². The summed E-state index contributed by atoms with van der Waals surface area (Å²) in [7, 11) is 0. The van der Waals surface area contributed by atoms with E-state index in [1.54, 1.807) is 4.90 Å². The highest BCUT2D eigenvalue weighted by atomic mass is 16.2. The van der Waals surface area contributed by atoms with Crippen LogP contribution in [0.1, 0.15) is 13.8 Å². The Morgan fingerprint density at radius 3 is 2.40 bits per heavy atom. The molecule has 1 aromatic rings. The van der Waals surface area contributed by atoms with Gasteiger partial charge in [-0.2, -0.15) is 0 Å². The zero-order chi connectivity index (χ0) is 11.3. The zero-order valence-corrected chi connectivity index (χ0v) is 9.31. The van der Waals surface area contributed by atoms with Crippen molar-refractivity contribution in [2.24, 2.45) is 11.7 Å². The molecule has 1 aromatic carbocycles. The molecule has 2 N–H and O–H groups in total. The minimum atomic E-state index is -0.00300. The van der Waals surface area contributed by atoms with Crippen molar-refractivity contribution in [2.45, 2.75) is 13.8 Å². The van der Waals surface area contributed by atoms with E-state index in [1.165, 1.54) is 0 Å². The van der Waals surface area contributed by atoms with Crippen LogP contribution in [0.5, 0.6) is 0 Å². The number of benzene rings is 1. The lowest BCUT2D eigenvalue weighted by Gasteiger charge is -2.23. The maximum Gasteiger partial charge on any atom is 0.229 e. The second kappa shape index (κ2) is 5.51. The van der Waals surface area contributed by atoms with Gasteiger partial charge in [-0.3, -0.25) is 4.79 Å². The van der Waals surface area contributed by atoms with E-state index in [-0.39, 0.29) is 11.8 Å². The molecule has 15 heavy (non-hydrogen) atoms. The van der Waals surface area contributed by atoms with E-state index in [0.717, 1.165) is 5.69 Å². The molecule has 82 valence electrons. The summed E-state index contributed by atoms with van der Waals surface area (Å²) >= 11 is 0. The largest absolute Gasteiger partial charge is 0.329 e. The molecule has 1 amide bonds. The number of nitrogens with two attached hydrogens (primary N) is 1. The van der Waals surface area contributed by atoms with E-state index < -0.39 is 0 Å². The van der Waals surface area contributed by atoms with E-state index in [1.807, 2.05) is 44.2 Å². The SMILES string of the molecule is CC(C)C(=O)N(CCN)c1ccccc1. The molecular weight excluding hydrogens is 188 g/mol. The standard InChI is InChI=1S/C12H18N2O/c1-10(2)12(15)14(9-8-13)11-6-4-3-5-7-11/h3-7,10H,8-9,13H2,1-2H3. The summed E-state index contributed by atoms with van der Waals surface area (Å²) < 4.78 is 0. The van der Waals surface area contributed by atoms with Gasteiger partial charge in [-0.1, -0.05) is 32.0 Å². The highest BCUT2D eigenvalue weighted by Crippen LogP contribution is 2.15. The third-order valence-electron chi connectivity index (χ3n) is 2.18. The number of carbonyl (C=O) groups is 1. The minimum absolute atomic E-state index is 0.00300. The van der Waals surface area contributed by atoms with Gasteiger partial charge in [0.2, 0.25) is 5.91 Å². The zero-order valence-electron chi connectivity index (χ0n) is 9.31. The molecule has 0 aliphatic carbocycles. The Bertz CT molecular complexity index is 309. The first-order valence-corrected chi connectivity index (χ1v) is 5.23. The second-order valence-electron chi connectivity index (χ2n) is 3.77. The number of rotatable bonds is 4. The molecule has 0 spiro atoms. The minimum Gasteiger partial charge on any atom is -0.329 e. The van der Waals surface area contributed by atoms with Crippen molar-refractivity contribution in [1.29, 1.82) is 0 Å². The topological polar surface area (TPSA) is 46.3 Å². The van der Waals surface area contributed by atoms with Gasteiger partial charge in [0, 0.05) is 24.7 Å². The van der Waals surface area contributed by atoms with Crippen LogP contribution in [0.2, 0.25) is 0 Å². The van der Waals surface area contributed by atoms with Crippen LogP contribution in [0.4, 0.5) is 5.69 Å². The van der Waals surface area contributed by atoms with Gasteiger partial charge < -0.3 is 10.6 Å². The Morgan fingerprint density at radius 1 is 1.33 bits per heavy atom. The Kier molecular flexibility index (Phi) is 4.31. The van der Waals surface area contributed by atoms with Crippen molar-refractivity contribution in [1.82, 2.24) is 0 Å². The van der Waals surface area contributed by atoms with Crippen molar-refractivity contribution in [3.8, 4) is 0 Å². The molecule has 0 radical (unpaired) electrons. The predicted molar refractivity (Wildman–Crippen MR) is 62.7 cm³/mol. The fourth-order valence-electron chi connectivity index (χ4n) is 1.42. The molecule has 0 fully saturated rings. The molecule has 0 bridgehead atoms. The Morgan fingerprint density at radius 2 is 1.93 bits per heavy atom. The number of carbonyl (C=O) groups excluding carboxylic acids is 1. The molecule has 0 unspecified atom stereocenters. The maximum absolute atomic E-state index is 11.9. The number of para-hydroxylation sites is 1. The third-order valence-corrected chi connectivity index (χ3v) is 2.18. The second-order valence-corrected chi connectivity index (χ2v) is 3.77. The van der Waals surface area contributed by atoms with Gasteiger partial charge in [-0.05, 0) is 12.1 Å². The van der Waals surface area contributed by atoms with Crippen LogP contribution >= 0.6 is 0 Å². The van der Waals surface area contributed by atoms with Crippen molar-refractivity contribution in [3.05, 3.63) is 30.3 Å². The van der Waals surface area contributed by atoms with E-state index >= 15 is 0 Å². The first kappa shape index (κ1) is 11.7. The van der Waals surface area contributed by atoms with Crippen molar-refractivity contribution in [3.63, 3.8) is 0 Å². The Hall–Kier alpha value is -1.35. The van der Waals surface area contributed by atoms with E-state index in [0.29, 0.717) is 13.1 Å². The summed E-state index contributed by atoms with van der Waals surface area (Å²) in [5.41, 5.74) is 6.43. The molecule has 3 heteroatoms. The lowest BCUT2D eigenvalue weighted by atomic mass is 10.1. The first-order valence-electron chi connectivity index (χ1n) is 5.23. The van der Waals surface area contributed by atoms with Crippen molar-refractivity contribution < 1.29 is 4.79 Å². The fraction of sp³-hybridized carbons (Fsp3) is 0.417. The normalized spacial score (nSPS) is 10.4. The Labute approximate surface area is 90.9 Å². The molecule has 0 atom stereocenters. The van der Waals surface area contributed by atoms with E-state index in [9.17, 15) is 4.79 Å². The molecule has 0 aliphatic rings. The Balaban J connectivity index is 2.88. The van der Waals surface area contributed by atoms with Gasteiger partial charge in [-0.25, -0.2) is 0 Å². The van der Waals surface area contributed by atoms with Crippen LogP contribution < -0.4 is 10.6 Å². The maximum atomic E-state index is 11.9. The highest BCUT2D eigenvalue weighted by Gasteiger charge is 2.17. The van der Waals surface area contributed by atoms with Crippen molar-refractivity contribution >= 4 is 11.6 Å². The lowest BCUT2D eigenvalue weighted by Crippen LogP contribution is -2.38. The van der Waals surface area contributed by atoms with E-state index in [2.05, 4.69) is 0 Å². The van der Waals surface area contributed by atoms with Crippen LogP contribution in [-0.4, -0.2) is 19.0 Å². The number of hydrogen-bond acceptors (Lipinski definition) is 2. The van der Waals surface area contributed by atoms with Gasteiger partial charge in [0.1, 0.15) is 0 Å². The van der Waals surface area contributed by atoms with Crippen LogP contribution in [0, 0.1) is 5.92 Å².